The lowest BCUT2D eigenvalue weighted by molar-refractivity contribution is -0.115. The number of nitrogens with one attached hydrogen (secondary N) is 2. The molecule has 0 spiro atoms. The molecular formula is C18H16N2O3S. The fourth-order valence-electron chi connectivity index (χ4n) is 1.98. The Labute approximate surface area is 145 Å². The van der Waals surface area contributed by atoms with Crippen LogP contribution in [0.2, 0.25) is 0 Å². The second kappa shape index (κ2) is 8.03. The van der Waals surface area contributed by atoms with E-state index in [9.17, 15) is 9.59 Å². The Bertz CT molecular complexity index is 801. The first-order valence-corrected chi connectivity index (χ1v) is 7.55. The van der Waals surface area contributed by atoms with Gasteiger partial charge in [-0.05, 0) is 54.5 Å². The molecule has 3 N–H and O–H groups in total. The SMILES string of the molecule is Cc1cc(C(=O)O)ccc1NC(=S)NC(=O)/C=C/c1ccccc1. The van der Waals surface area contributed by atoms with Crippen molar-refractivity contribution in [3.05, 3.63) is 71.3 Å². The molecule has 0 atom stereocenters. The van der Waals surface area contributed by atoms with Crippen molar-refractivity contribution in [2.24, 2.45) is 0 Å². The Morgan fingerprint density at radius 2 is 1.83 bits per heavy atom. The number of thiocarbonyl (C=S) groups is 1. The van der Waals surface area contributed by atoms with E-state index in [2.05, 4.69) is 10.6 Å². The number of carboxylic acids is 1. The number of amides is 1. The first kappa shape index (κ1) is 17.4. The van der Waals surface area contributed by atoms with Gasteiger partial charge in [-0.2, -0.15) is 0 Å². The quantitative estimate of drug-likeness (QED) is 0.588. The smallest absolute Gasteiger partial charge is 0.335 e. The van der Waals surface area contributed by atoms with Crippen molar-refractivity contribution in [1.82, 2.24) is 5.32 Å². The number of carbonyl (C=O) groups excluding carboxylic acids is 1. The normalized spacial score (nSPS) is 10.4. The predicted molar refractivity (Wildman–Crippen MR) is 98.0 cm³/mol. The number of aryl methyl sites for hydroxylation is 1. The van der Waals surface area contributed by atoms with Gasteiger partial charge in [0.15, 0.2) is 5.11 Å². The fourth-order valence-corrected chi connectivity index (χ4v) is 2.19. The number of anilines is 1. The van der Waals surface area contributed by atoms with Gasteiger partial charge in [-0.1, -0.05) is 30.3 Å². The minimum Gasteiger partial charge on any atom is -0.478 e. The minimum absolute atomic E-state index is 0.142. The second-order valence-electron chi connectivity index (χ2n) is 5.02. The molecule has 0 unspecified atom stereocenters. The van der Waals surface area contributed by atoms with Crippen LogP contribution in [0.25, 0.3) is 6.08 Å². The first-order chi connectivity index (χ1) is 11.5. The van der Waals surface area contributed by atoms with Gasteiger partial charge in [-0.15, -0.1) is 0 Å². The van der Waals surface area contributed by atoms with Gasteiger partial charge >= 0.3 is 5.97 Å². The summed E-state index contributed by atoms with van der Waals surface area (Å²) in [5.74, 6) is -1.34. The van der Waals surface area contributed by atoms with Crippen LogP contribution in [-0.4, -0.2) is 22.1 Å². The number of carboxylic acid groups (broad SMARTS) is 1. The number of hydrogen-bond donors (Lipinski definition) is 3. The molecule has 0 aliphatic carbocycles. The number of hydrogen-bond acceptors (Lipinski definition) is 3. The lowest BCUT2D eigenvalue weighted by Crippen LogP contribution is -2.33. The number of benzene rings is 2. The number of carbonyl (C=O) groups is 2. The maximum Gasteiger partial charge on any atom is 0.335 e. The van der Waals surface area contributed by atoms with E-state index >= 15 is 0 Å². The van der Waals surface area contributed by atoms with Gasteiger partial charge < -0.3 is 10.4 Å². The molecule has 2 aromatic carbocycles. The van der Waals surface area contributed by atoms with E-state index in [4.69, 9.17) is 17.3 Å². The summed E-state index contributed by atoms with van der Waals surface area (Å²) in [6, 6.07) is 14.0. The summed E-state index contributed by atoms with van der Waals surface area (Å²) in [5.41, 5.74) is 2.45. The van der Waals surface area contributed by atoms with Crippen molar-refractivity contribution in [1.29, 1.82) is 0 Å². The van der Waals surface area contributed by atoms with E-state index in [1.807, 2.05) is 30.3 Å². The molecule has 1 amide bonds. The molecule has 0 radical (unpaired) electrons. The third-order valence-electron chi connectivity index (χ3n) is 3.19. The molecule has 0 aliphatic rings. The van der Waals surface area contributed by atoms with Crippen LogP contribution in [-0.2, 0) is 4.79 Å². The highest BCUT2D eigenvalue weighted by Gasteiger charge is 2.07. The molecule has 0 saturated carbocycles. The summed E-state index contributed by atoms with van der Waals surface area (Å²) in [6.45, 7) is 1.76. The summed E-state index contributed by atoms with van der Waals surface area (Å²) in [4.78, 5) is 22.8. The zero-order valence-corrected chi connectivity index (χ0v) is 13.8. The van der Waals surface area contributed by atoms with E-state index in [0.717, 1.165) is 5.56 Å². The van der Waals surface area contributed by atoms with Crippen LogP contribution in [0.1, 0.15) is 21.5 Å². The monoisotopic (exact) mass is 340 g/mol. The summed E-state index contributed by atoms with van der Waals surface area (Å²) in [5, 5.41) is 14.5. The maximum atomic E-state index is 11.8. The van der Waals surface area contributed by atoms with Crippen LogP contribution in [0.5, 0.6) is 0 Å². The number of aromatic carboxylic acids is 1. The molecule has 24 heavy (non-hydrogen) atoms. The Kier molecular flexibility index (Phi) is 5.81. The Morgan fingerprint density at radius 3 is 2.46 bits per heavy atom. The van der Waals surface area contributed by atoms with Gasteiger partial charge in [-0.25, -0.2) is 4.79 Å². The van der Waals surface area contributed by atoms with Crippen molar-refractivity contribution in [2.45, 2.75) is 6.92 Å². The van der Waals surface area contributed by atoms with Gasteiger partial charge in [0.05, 0.1) is 5.56 Å². The van der Waals surface area contributed by atoms with Crippen LogP contribution < -0.4 is 10.6 Å². The largest absolute Gasteiger partial charge is 0.478 e. The van der Waals surface area contributed by atoms with Crippen molar-refractivity contribution in [2.75, 3.05) is 5.32 Å². The van der Waals surface area contributed by atoms with Crippen LogP contribution >= 0.6 is 12.2 Å². The molecule has 0 bridgehead atoms. The van der Waals surface area contributed by atoms with E-state index in [0.29, 0.717) is 11.3 Å². The molecule has 0 aromatic heterocycles. The molecule has 0 fully saturated rings. The molecular weight excluding hydrogens is 324 g/mol. The van der Waals surface area contributed by atoms with E-state index in [-0.39, 0.29) is 16.6 Å². The first-order valence-electron chi connectivity index (χ1n) is 7.15. The molecule has 0 aliphatic heterocycles. The lowest BCUT2D eigenvalue weighted by Gasteiger charge is -2.11. The molecule has 2 aromatic rings. The van der Waals surface area contributed by atoms with Crippen molar-refractivity contribution < 1.29 is 14.7 Å². The van der Waals surface area contributed by atoms with Gasteiger partial charge in [0.2, 0.25) is 5.91 Å². The van der Waals surface area contributed by atoms with Gasteiger partial charge in [0.25, 0.3) is 0 Å². The lowest BCUT2D eigenvalue weighted by atomic mass is 10.1. The van der Waals surface area contributed by atoms with Crippen LogP contribution in [0.3, 0.4) is 0 Å². The summed E-state index contributed by atoms with van der Waals surface area (Å²) < 4.78 is 0. The molecule has 6 heteroatoms. The Balaban J connectivity index is 1.94. The van der Waals surface area contributed by atoms with Crippen LogP contribution in [0.4, 0.5) is 5.69 Å². The van der Waals surface area contributed by atoms with Crippen molar-refractivity contribution >= 4 is 41.0 Å². The van der Waals surface area contributed by atoms with Gasteiger partial charge in [-0.3, -0.25) is 10.1 Å². The third-order valence-corrected chi connectivity index (χ3v) is 3.39. The Morgan fingerprint density at radius 1 is 1.12 bits per heavy atom. The zero-order chi connectivity index (χ0) is 17.5. The topological polar surface area (TPSA) is 78.4 Å². The highest BCUT2D eigenvalue weighted by atomic mass is 32.1. The summed E-state index contributed by atoms with van der Waals surface area (Å²) in [6.07, 6.45) is 3.08. The van der Waals surface area contributed by atoms with Crippen molar-refractivity contribution in [3.63, 3.8) is 0 Å². The van der Waals surface area contributed by atoms with Crippen LogP contribution in [0, 0.1) is 6.92 Å². The maximum absolute atomic E-state index is 11.8. The Hall–Kier alpha value is -2.99. The highest BCUT2D eigenvalue weighted by molar-refractivity contribution is 7.80. The van der Waals surface area contributed by atoms with E-state index in [1.54, 1.807) is 19.1 Å². The second-order valence-corrected chi connectivity index (χ2v) is 5.43. The number of rotatable bonds is 4. The minimum atomic E-state index is -0.994. The van der Waals surface area contributed by atoms with E-state index in [1.165, 1.54) is 18.2 Å². The molecule has 5 nitrogen and oxygen atoms in total. The van der Waals surface area contributed by atoms with E-state index < -0.39 is 5.97 Å². The standard InChI is InChI=1S/C18H16N2O3S/c1-12-11-14(17(22)23)8-9-15(12)19-18(24)20-16(21)10-7-13-5-3-2-4-6-13/h2-11H,1H3,(H,22,23)(H2,19,20,21,24)/b10-7+. The average molecular weight is 340 g/mol. The van der Waals surface area contributed by atoms with Gasteiger partial charge in [0, 0.05) is 11.8 Å². The van der Waals surface area contributed by atoms with Gasteiger partial charge in [0.1, 0.15) is 0 Å². The summed E-state index contributed by atoms with van der Waals surface area (Å²) >= 11 is 5.09. The highest BCUT2D eigenvalue weighted by Crippen LogP contribution is 2.16. The molecule has 0 saturated heterocycles. The third kappa shape index (κ3) is 5.03. The predicted octanol–water partition coefficient (Wildman–Crippen LogP) is 3.22. The molecule has 0 heterocycles. The zero-order valence-electron chi connectivity index (χ0n) is 12.9. The fraction of sp³-hybridized carbons (Fsp3) is 0.0556. The average Bonchev–Trinajstić information content (AvgIpc) is 2.55. The molecule has 122 valence electrons. The van der Waals surface area contributed by atoms with Crippen LogP contribution in [0.15, 0.2) is 54.6 Å². The summed E-state index contributed by atoms with van der Waals surface area (Å²) in [7, 11) is 0. The van der Waals surface area contributed by atoms with Crippen molar-refractivity contribution in [3.8, 4) is 0 Å². The molecule has 2 rings (SSSR count).